The number of allylic oxidation sites excluding steroid dienone is 1. The molecule has 1 aliphatic carbocycles. The Morgan fingerprint density at radius 2 is 1.58 bits per heavy atom. The predicted octanol–water partition coefficient (Wildman–Crippen LogP) is 6.12. The Morgan fingerprint density at radius 1 is 0.903 bits per heavy atom. The normalized spacial score (nSPS) is 18.0. The lowest BCUT2D eigenvalue weighted by molar-refractivity contribution is -0.124. The molecule has 0 bridgehead atoms. The van der Waals surface area contributed by atoms with Crippen molar-refractivity contribution < 1.29 is 4.79 Å². The van der Waals surface area contributed by atoms with Crippen LogP contribution in [0.3, 0.4) is 0 Å². The molecular formula is C29H27NO. The van der Waals surface area contributed by atoms with Gasteiger partial charge in [-0.25, -0.2) is 0 Å². The lowest BCUT2D eigenvalue weighted by Gasteiger charge is -2.28. The van der Waals surface area contributed by atoms with Crippen LogP contribution in [-0.4, -0.2) is 23.9 Å². The van der Waals surface area contributed by atoms with E-state index in [9.17, 15) is 4.79 Å². The molecule has 3 aromatic rings. The third kappa shape index (κ3) is 3.74. The molecule has 2 heteroatoms. The zero-order valence-corrected chi connectivity index (χ0v) is 17.9. The first-order chi connectivity index (χ1) is 15.2. The summed E-state index contributed by atoms with van der Waals surface area (Å²) in [6.07, 6.45) is 4.05. The molecule has 0 aromatic heterocycles. The Morgan fingerprint density at radius 3 is 2.29 bits per heavy atom. The van der Waals surface area contributed by atoms with Gasteiger partial charge in [-0.1, -0.05) is 96.6 Å². The number of carbonyl (C=O) groups is 1. The Bertz CT molecular complexity index is 1160. The molecule has 1 unspecified atom stereocenters. The largest absolute Gasteiger partial charge is 0.335 e. The number of carbonyl (C=O) groups excluding carboxylic acids is 1. The second kappa shape index (κ2) is 8.39. The highest BCUT2D eigenvalue weighted by molar-refractivity contribution is 6.22. The minimum absolute atomic E-state index is 0.170. The summed E-state index contributed by atoms with van der Waals surface area (Å²) in [4.78, 5) is 15.7. The van der Waals surface area contributed by atoms with Crippen LogP contribution in [0.4, 0.5) is 0 Å². The van der Waals surface area contributed by atoms with Crippen LogP contribution in [-0.2, 0) is 11.2 Å². The van der Waals surface area contributed by atoms with Crippen molar-refractivity contribution in [2.75, 3.05) is 13.1 Å². The number of hydrogen-bond donors (Lipinski definition) is 0. The van der Waals surface area contributed by atoms with Gasteiger partial charge in [-0.15, -0.1) is 0 Å². The zero-order chi connectivity index (χ0) is 21.2. The average Bonchev–Trinajstić information content (AvgIpc) is 3.11. The SMILES string of the molecule is CC1=C(C(=O)N2CC=C(c3ccccc3)CC2)c2ccccc2C1Cc1ccccc1. The summed E-state index contributed by atoms with van der Waals surface area (Å²) in [6, 6.07) is 29.5. The monoisotopic (exact) mass is 405 g/mol. The van der Waals surface area contributed by atoms with Crippen molar-refractivity contribution in [1.82, 2.24) is 4.90 Å². The van der Waals surface area contributed by atoms with Crippen molar-refractivity contribution in [3.63, 3.8) is 0 Å². The molecule has 1 amide bonds. The fourth-order valence-electron chi connectivity index (χ4n) is 4.97. The van der Waals surface area contributed by atoms with Crippen LogP contribution in [0.25, 0.3) is 11.1 Å². The number of benzene rings is 3. The Hall–Kier alpha value is -3.39. The second-order valence-electron chi connectivity index (χ2n) is 8.48. The topological polar surface area (TPSA) is 20.3 Å². The highest BCUT2D eigenvalue weighted by Gasteiger charge is 2.34. The maximum atomic E-state index is 13.7. The van der Waals surface area contributed by atoms with Crippen molar-refractivity contribution in [3.8, 4) is 0 Å². The maximum Gasteiger partial charge on any atom is 0.254 e. The highest BCUT2D eigenvalue weighted by atomic mass is 16.2. The molecule has 1 atom stereocenters. The van der Waals surface area contributed by atoms with E-state index in [1.807, 2.05) is 17.0 Å². The standard InChI is InChI=1S/C29H27NO/c1-21-27(20-22-10-4-2-5-11-22)25-14-8-9-15-26(25)28(21)29(31)30-18-16-24(17-19-30)23-12-6-3-7-13-23/h2-16,27H,17-20H2,1H3. The van der Waals surface area contributed by atoms with Crippen LogP contribution in [0.5, 0.6) is 0 Å². The van der Waals surface area contributed by atoms with Gasteiger partial charge in [0.1, 0.15) is 0 Å². The van der Waals surface area contributed by atoms with E-state index in [0.29, 0.717) is 6.54 Å². The quantitative estimate of drug-likeness (QED) is 0.512. The third-order valence-electron chi connectivity index (χ3n) is 6.66. The van der Waals surface area contributed by atoms with E-state index in [2.05, 4.69) is 85.8 Å². The van der Waals surface area contributed by atoms with Crippen LogP contribution in [0.1, 0.15) is 41.5 Å². The highest BCUT2D eigenvalue weighted by Crippen LogP contribution is 2.44. The lowest BCUT2D eigenvalue weighted by Crippen LogP contribution is -2.35. The summed E-state index contributed by atoms with van der Waals surface area (Å²) in [5.74, 6) is 0.432. The fourth-order valence-corrected chi connectivity index (χ4v) is 4.97. The van der Waals surface area contributed by atoms with E-state index < -0.39 is 0 Å². The molecule has 1 heterocycles. The number of rotatable bonds is 4. The van der Waals surface area contributed by atoms with Gasteiger partial charge in [0.25, 0.3) is 5.91 Å². The van der Waals surface area contributed by atoms with Gasteiger partial charge in [0.15, 0.2) is 0 Å². The molecule has 2 aliphatic rings. The molecule has 0 spiro atoms. The minimum Gasteiger partial charge on any atom is -0.335 e. The van der Waals surface area contributed by atoms with Crippen LogP contribution in [0, 0.1) is 0 Å². The van der Waals surface area contributed by atoms with Crippen molar-refractivity contribution in [2.24, 2.45) is 0 Å². The Kier molecular flexibility index (Phi) is 5.30. The van der Waals surface area contributed by atoms with Gasteiger partial charge >= 0.3 is 0 Å². The number of fused-ring (bicyclic) bond motifs is 1. The van der Waals surface area contributed by atoms with Gasteiger partial charge in [0.2, 0.25) is 0 Å². The van der Waals surface area contributed by atoms with Gasteiger partial charge in [-0.05, 0) is 47.6 Å². The van der Waals surface area contributed by atoms with E-state index in [4.69, 9.17) is 0 Å². The summed E-state index contributed by atoms with van der Waals surface area (Å²) in [5, 5.41) is 0. The van der Waals surface area contributed by atoms with E-state index in [0.717, 1.165) is 30.5 Å². The maximum absolute atomic E-state index is 13.7. The molecule has 5 rings (SSSR count). The molecule has 1 aliphatic heterocycles. The zero-order valence-electron chi connectivity index (χ0n) is 17.9. The number of amides is 1. The van der Waals surface area contributed by atoms with Crippen LogP contribution < -0.4 is 0 Å². The number of hydrogen-bond acceptors (Lipinski definition) is 1. The summed E-state index contributed by atoms with van der Waals surface area (Å²) in [5.41, 5.74) is 8.42. The molecule has 0 saturated heterocycles. The molecule has 154 valence electrons. The molecule has 0 radical (unpaired) electrons. The van der Waals surface area contributed by atoms with Crippen LogP contribution in [0.2, 0.25) is 0 Å². The van der Waals surface area contributed by atoms with E-state index >= 15 is 0 Å². The molecule has 3 aromatic carbocycles. The molecule has 31 heavy (non-hydrogen) atoms. The van der Waals surface area contributed by atoms with E-state index in [1.165, 1.54) is 27.8 Å². The van der Waals surface area contributed by atoms with Crippen LogP contribution >= 0.6 is 0 Å². The summed E-state index contributed by atoms with van der Waals surface area (Å²) >= 11 is 0. The molecular weight excluding hydrogens is 378 g/mol. The first-order valence-electron chi connectivity index (χ1n) is 11.1. The average molecular weight is 406 g/mol. The lowest BCUT2D eigenvalue weighted by atomic mass is 9.90. The van der Waals surface area contributed by atoms with E-state index in [-0.39, 0.29) is 11.8 Å². The van der Waals surface area contributed by atoms with E-state index in [1.54, 1.807) is 0 Å². The van der Waals surface area contributed by atoms with Gasteiger partial charge in [0, 0.05) is 24.6 Å². The third-order valence-corrected chi connectivity index (χ3v) is 6.66. The summed E-state index contributed by atoms with van der Waals surface area (Å²) in [6.45, 7) is 3.59. The van der Waals surface area contributed by atoms with Gasteiger partial charge in [-0.3, -0.25) is 4.79 Å². The summed E-state index contributed by atoms with van der Waals surface area (Å²) < 4.78 is 0. The minimum atomic E-state index is 0.170. The molecule has 2 nitrogen and oxygen atoms in total. The van der Waals surface area contributed by atoms with Crippen molar-refractivity contribution in [3.05, 3.63) is 119 Å². The molecule has 0 fully saturated rings. The first kappa shape index (κ1) is 19.6. The van der Waals surface area contributed by atoms with Gasteiger partial charge < -0.3 is 4.90 Å². The Labute approximate surface area is 184 Å². The van der Waals surface area contributed by atoms with Gasteiger partial charge in [0.05, 0.1) is 0 Å². The Balaban J connectivity index is 1.42. The van der Waals surface area contributed by atoms with Crippen molar-refractivity contribution in [1.29, 1.82) is 0 Å². The summed E-state index contributed by atoms with van der Waals surface area (Å²) in [7, 11) is 0. The number of nitrogens with zero attached hydrogens (tertiary/aromatic N) is 1. The van der Waals surface area contributed by atoms with Crippen LogP contribution in [0.15, 0.2) is 96.6 Å². The molecule has 0 saturated carbocycles. The first-order valence-corrected chi connectivity index (χ1v) is 11.1. The van der Waals surface area contributed by atoms with Crippen molar-refractivity contribution in [2.45, 2.75) is 25.7 Å². The van der Waals surface area contributed by atoms with Gasteiger partial charge in [-0.2, -0.15) is 0 Å². The molecule has 0 N–H and O–H groups in total. The second-order valence-corrected chi connectivity index (χ2v) is 8.48. The smallest absolute Gasteiger partial charge is 0.254 e. The fraction of sp³-hybridized carbons (Fsp3) is 0.207. The van der Waals surface area contributed by atoms with Crippen molar-refractivity contribution >= 4 is 17.1 Å². The predicted molar refractivity (Wildman–Crippen MR) is 128 cm³/mol.